The van der Waals surface area contributed by atoms with Gasteiger partial charge in [-0.15, -0.1) is 0 Å². The molecular formula is C13H17NO5. The lowest BCUT2D eigenvalue weighted by molar-refractivity contribution is -0.123. The Hall–Kier alpha value is -1.79. The first kappa shape index (κ1) is 13.6. The van der Waals surface area contributed by atoms with E-state index in [0.717, 1.165) is 6.61 Å². The van der Waals surface area contributed by atoms with Gasteiger partial charge in [0.2, 0.25) is 0 Å². The van der Waals surface area contributed by atoms with Crippen LogP contribution in [0.1, 0.15) is 0 Å². The molecule has 0 spiro atoms. The molecular weight excluding hydrogens is 250 g/mol. The third kappa shape index (κ3) is 4.76. The Kier molecular flexibility index (Phi) is 5.00. The fraction of sp³-hybridized carbons (Fsp3) is 0.462. The average Bonchev–Trinajstić information content (AvgIpc) is 3.25. The molecule has 1 heterocycles. The number of benzene rings is 1. The van der Waals surface area contributed by atoms with Gasteiger partial charge in [0.15, 0.2) is 18.1 Å². The number of nitrogens with one attached hydrogen (secondary N) is 1. The summed E-state index contributed by atoms with van der Waals surface area (Å²) in [5.74, 6) is 0.824. The highest BCUT2D eigenvalue weighted by Crippen LogP contribution is 2.27. The highest BCUT2D eigenvalue weighted by atomic mass is 16.6. The van der Waals surface area contributed by atoms with E-state index in [-0.39, 0.29) is 31.8 Å². The third-order valence-corrected chi connectivity index (χ3v) is 2.47. The minimum Gasteiger partial charge on any atom is -0.487 e. The van der Waals surface area contributed by atoms with Crippen LogP contribution in [-0.4, -0.2) is 50.1 Å². The summed E-state index contributed by atoms with van der Waals surface area (Å²) in [4.78, 5) is 11.4. The van der Waals surface area contributed by atoms with E-state index in [0.29, 0.717) is 18.1 Å². The van der Waals surface area contributed by atoms with E-state index in [1.54, 1.807) is 18.2 Å². The highest BCUT2D eigenvalue weighted by molar-refractivity contribution is 5.77. The molecule has 1 unspecified atom stereocenters. The molecule has 104 valence electrons. The van der Waals surface area contributed by atoms with Crippen LogP contribution in [0.2, 0.25) is 0 Å². The normalized spacial score (nSPS) is 16.8. The van der Waals surface area contributed by atoms with Crippen LogP contribution in [0.25, 0.3) is 0 Å². The van der Waals surface area contributed by atoms with Gasteiger partial charge in [0.1, 0.15) is 12.7 Å². The van der Waals surface area contributed by atoms with Gasteiger partial charge in [-0.25, -0.2) is 0 Å². The summed E-state index contributed by atoms with van der Waals surface area (Å²) in [5, 5.41) is 11.1. The Balaban J connectivity index is 1.82. The van der Waals surface area contributed by atoms with Gasteiger partial charge in [-0.1, -0.05) is 12.1 Å². The third-order valence-electron chi connectivity index (χ3n) is 2.47. The molecule has 1 aromatic rings. The van der Waals surface area contributed by atoms with E-state index in [9.17, 15) is 4.79 Å². The lowest BCUT2D eigenvalue weighted by atomic mass is 10.3. The summed E-state index contributed by atoms with van der Waals surface area (Å²) < 4.78 is 16.0. The summed E-state index contributed by atoms with van der Waals surface area (Å²) >= 11 is 0. The van der Waals surface area contributed by atoms with E-state index in [2.05, 4.69) is 5.32 Å². The predicted octanol–water partition coefficient (Wildman–Crippen LogP) is -0.0485. The van der Waals surface area contributed by atoms with Crippen molar-refractivity contribution < 1.29 is 24.1 Å². The summed E-state index contributed by atoms with van der Waals surface area (Å²) in [7, 11) is 0. The van der Waals surface area contributed by atoms with Crippen molar-refractivity contribution in [3.63, 3.8) is 0 Å². The zero-order chi connectivity index (χ0) is 13.5. The zero-order valence-electron chi connectivity index (χ0n) is 10.5. The number of epoxide rings is 1. The van der Waals surface area contributed by atoms with E-state index in [1.165, 1.54) is 0 Å². The highest BCUT2D eigenvalue weighted by Gasteiger charge is 2.23. The molecule has 0 aromatic heterocycles. The van der Waals surface area contributed by atoms with Gasteiger partial charge in [0.25, 0.3) is 5.91 Å². The minimum absolute atomic E-state index is 0.0904. The Morgan fingerprint density at radius 1 is 1.37 bits per heavy atom. The van der Waals surface area contributed by atoms with Gasteiger partial charge >= 0.3 is 0 Å². The molecule has 1 aliphatic rings. The van der Waals surface area contributed by atoms with Crippen molar-refractivity contribution in [1.82, 2.24) is 5.32 Å². The standard InChI is InChI=1S/C13H17NO5/c15-6-5-14-13(16)9-19-12-4-2-1-3-11(12)18-8-10-7-17-10/h1-4,10,15H,5-9H2,(H,14,16). The van der Waals surface area contributed by atoms with Crippen LogP contribution in [0.3, 0.4) is 0 Å². The minimum atomic E-state index is -0.283. The largest absolute Gasteiger partial charge is 0.487 e. The first-order chi connectivity index (χ1) is 9.29. The number of ether oxygens (including phenoxy) is 3. The number of rotatable bonds is 8. The second kappa shape index (κ2) is 6.96. The molecule has 0 saturated carbocycles. The molecule has 1 saturated heterocycles. The van der Waals surface area contributed by atoms with Gasteiger partial charge in [-0.05, 0) is 12.1 Å². The van der Waals surface area contributed by atoms with Crippen LogP contribution in [0.4, 0.5) is 0 Å². The first-order valence-corrected chi connectivity index (χ1v) is 6.13. The summed E-state index contributed by atoms with van der Waals surface area (Å²) in [5.41, 5.74) is 0. The number of aliphatic hydroxyl groups excluding tert-OH is 1. The molecule has 0 bridgehead atoms. The molecule has 2 rings (SSSR count). The van der Waals surface area contributed by atoms with Crippen molar-refractivity contribution in [3.05, 3.63) is 24.3 Å². The zero-order valence-corrected chi connectivity index (χ0v) is 10.5. The topological polar surface area (TPSA) is 80.3 Å². The maximum atomic E-state index is 11.4. The van der Waals surface area contributed by atoms with Crippen molar-refractivity contribution in [2.24, 2.45) is 0 Å². The second-order valence-corrected chi connectivity index (χ2v) is 4.08. The average molecular weight is 267 g/mol. The predicted molar refractivity (Wildman–Crippen MR) is 67.3 cm³/mol. The summed E-state index contributed by atoms with van der Waals surface area (Å²) in [6.45, 7) is 1.23. The van der Waals surface area contributed by atoms with Gasteiger partial charge in [0.05, 0.1) is 13.2 Å². The SMILES string of the molecule is O=C(COc1ccccc1OCC1CO1)NCCO. The first-order valence-electron chi connectivity index (χ1n) is 6.13. The molecule has 2 N–H and O–H groups in total. The molecule has 1 amide bonds. The molecule has 0 aliphatic carbocycles. The molecule has 1 atom stereocenters. The second-order valence-electron chi connectivity index (χ2n) is 4.08. The van der Waals surface area contributed by atoms with Crippen LogP contribution < -0.4 is 14.8 Å². The van der Waals surface area contributed by atoms with E-state index >= 15 is 0 Å². The summed E-state index contributed by atoms with van der Waals surface area (Å²) in [6, 6.07) is 7.16. The van der Waals surface area contributed by atoms with Crippen molar-refractivity contribution >= 4 is 5.91 Å². The number of carbonyl (C=O) groups excluding carboxylic acids is 1. The van der Waals surface area contributed by atoms with Crippen molar-refractivity contribution in [2.45, 2.75) is 6.10 Å². The summed E-state index contributed by atoms with van der Waals surface area (Å²) in [6.07, 6.45) is 0.168. The van der Waals surface area contributed by atoms with Crippen molar-refractivity contribution in [2.75, 3.05) is 33.0 Å². The smallest absolute Gasteiger partial charge is 0.258 e. The lowest BCUT2D eigenvalue weighted by Crippen LogP contribution is -2.31. The molecule has 1 aliphatic heterocycles. The van der Waals surface area contributed by atoms with Crippen LogP contribution in [0.15, 0.2) is 24.3 Å². The molecule has 19 heavy (non-hydrogen) atoms. The molecule has 1 aromatic carbocycles. The fourth-order valence-electron chi connectivity index (χ4n) is 1.43. The number of carbonyl (C=O) groups is 1. The molecule has 6 nitrogen and oxygen atoms in total. The van der Waals surface area contributed by atoms with Crippen LogP contribution in [-0.2, 0) is 9.53 Å². The monoisotopic (exact) mass is 267 g/mol. The van der Waals surface area contributed by atoms with Gasteiger partial charge in [0, 0.05) is 6.54 Å². The number of hydrogen-bond acceptors (Lipinski definition) is 5. The number of aliphatic hydroxyl groups is 1. The lowest BCUT2D eigenvalue weighted by Gasteiger charge is -2.11. The number of hydrogen-bond donors (Lipinski definition) is 2. The quantitative estimate of drug-likeness (QED) is 0.646. The maximum Gasteiger partial charge on any atom is 0.258 e. The Morgan fingerprint density at radius 2 is 2.05 bits per heavy atom. The molecule has 1 fully saturated rings. The van der Waals surface area contributed by atoms with Crippen molar-refractivity contribution in [3.8, 4) is 11.5 Å². The fourth-order valence-corrected chi connectivity index (χ4v) is 1.43. The van der Waals surface area contributed by atoms with Crippen molar-refractivity contribution in [1.29, 1.82) is 0 Å². The van der Waals surface area contributed by atoms with E-state index < -0.39 is 0 Å². The maximum absolute atomic E-state index is 11.4. The molecule has 6 heteroatoms. The van der Waals surface area contributed by atoms with Crippen LogP contribution in [0.5, 0.6) is 11.5 Å². The van der Waals surface area contributed by atoms with E-state index in [4.69, 9.17) is 19.3 Å². The van der Waals surface area contributed by atoms with E-state index in [1.807, 2.05) is 6.07 Å². The Labute approximate surface area is 111 Å². The molecule has 0 radical (unpaired) electrons. The van der Waals surface area contributed by atoms with Gasteiger partial charge in [-0.2, -0.15) is 0 Å². The Bertz CT molecular complexity index is 419. The number of para-hydroxylation sites is 2. The van der Waals surface area contributed by atoms with Gasteiger partial charge < -0.3 is 24.6 Å². The number of amides is 1. The van der Waals surface area contributed by atoms with Crippen LogP contribution >= 0.6 is 0 Å². The van der Waals surface area contributed by atoms with Crippen LogP contribution in [0, 0.1) is 0 Å². The Morgan fingerprint density at radius 3 is 2.68 bits per heavy atom. The van der Waals surface area contributed by atoms with Gasteiger partial charge in [-0.3, -0.25) is 4.79 Å².